The number of hydrogen-bond donors (Lipinski definition) is 1. The van der Waals surface area contributed by atoms with Crippen molar-refractivity contribution >= 4 is 28.6 Å². The number of rotatable bonds is 4. The minimum atomic E-state index is 0.0163. The van der Waals surface area contributed by atoms with E-state index < -0.39 is 0 Å². The highest BCUT2D eigenvalue weighted by molar-refractivity contribution is 7.98. The van der Waals surface area contributed by atoms with E-state index in [0.717, 1.165) is 84.8 Å². The number of aromatic amines is 1. The summed E-state index contributed by atoms with van der Waals surface area (Å²) in [5.74, 6) is 1.88. The van der Waals surface area contributed by atoms with E-state index in [0.29, 0.717) is 0 Å². The molecule has 0 bridgehead atoms. The number of aromatic nitrogens is 1. The molecule has 1 saturated heterocycles. The first-order valence-electron chi connectivity index (χ1n) is 9.95. The Kier molecular flexibility index (Phi) is 5.75. The molecule has 0 aliphatic carbocycles. The standard InChI is InChI=1S/C21H28N4O2S/c1-23(2)6-7-24-8-10-25(11-9-24)21(27)15-3-4-19-17(13-15)16-5-12-28-14-18(16)20(26)22-19/h3-4,13H,5-12,14H2,1-2H3,(H,22,26). The molecule has 6 nitrogen and oxygen atoms in total. The maximum absolute atomic E-state index is 13.1. The van der Waals surface area contributed by atoms with E-state index >= 15 is 0 Å². The van der Waals surface area contributed by atoms with Gasteiger partial charge in [-0.3, -0.25) is 14.5 Å². The highest BCUT2D eigenvalue weighted by Gasteiger charge is 2.23. The van der Waals surface area contributed by atoms with Gasteiger partial charge >= 0.3 is 0 Å². The minimum absolute atomic E-state index is 0.0163. The van der Waals surface area contributed by atoms with Gasteiger partial charge in [0.15, 0.2) is 0 Å². The van der Waals surface area contributed by atoms with Crippen LogP contribution in [0.3, 0.4) is 0 Å². The molecule has 4 rings (SSSR count). The highest BCUT2D eigenvalue weighted by atomic mass is 32.2. The van der Waals surface area contributed by atoms with Crippen molar-refractivity contribution in [2.24, 2.45) is 0 Å². The Morgan fingerprint density at radius 2 is 1.96 bits per heavy atom. The Labute approximate surface area is 169 Å². The van der Waals surface area contributed by atoms with Gasteiger partial charge in [0.2, 0.25) is 0 Å². The monoisotopic (exact) mass is 400 g/mol. The number of aryl methyl sites for hydroxylation is 1. The van der Waals surface area contributed by atoms with Gasteiger partial charge in [-0.25, -0.2) is 0 Å². The fraction of sp³-hybridized carbons (Fsp3) is 0.524. The zero-order chi connectivity index (χ0) is 19.7. The molecule has 1 aromatic heterocycles. The SMILES string of the molecule is CN(C)CCN1CCN(C(=O)c2ccc3[nH]c(=O)c4c(c3c2)CCSC4)CC1. The largest absolute Gasteiger partial charge is 0.336 e. The molecule has 0 saturated carbocycles. The molecular formula is C21H28N4O2S. The average molecular weight is 401 g/mol. The van der Waals surface area contributed by atoms with Crippen molar-refractivity contribution in [2.45, 2.75) is 12.2 Å². The van der Waals surface area contributed by atoms with Gasteiger partial charge in [0, 0.05) is 67.1 Å². The number of likely N-dealkylation sites (N-methyl/N-ethyl adjacent to an activating group) is 1. The number of hydrogen-bond acceptors (Lipinski definition) is 5. The number of benzene rings is 1. The number of nitrogens with zero attached hydrogens (tertiary/aromatic N) is 3. The van der Waals surface area contributed by atoms with E-state index in [-0.39, 0.29) is 11.5 Å². The quantitative estimate of drug-likeness (QED) is 0.846. The summed E-state index contributed by atoms with van der Waals surface area (Å²) in [6, 6.07) is 5.73. The third-order valence-corrected chi connectivity index (χ3v) is 6.73. The maximum atomic E-state index is 13.1. The Hall–Kier alpha value is -1.83. The van der Waals surface area contributed by atoms with Crippen molar-refractivity contribution < 1.29 is 4.79 Å². The molecule has 7 heteroatoms. The van der Waals surface area contributed by atoms with E-state index in [1.165, 1.54) is 0 Å². The molecule has 0 radical (unpaired) electrons. The molecule has 1 fully saturated rings. The van der Waals surface area contributed by atoms with Crippen LogP contribution in [0.1, 0.15) is 21.5 Å². The van der Waals surface area contributed by atoms with E-state index in [9.17, 15) is 9.59 Å². The molecule has 1 aromatic carbocycles. The second-order valence-corrected chi connectivity index (χ2v) is 9.02. The zero-order valence-electron chi connectivity index (χ0n) is 16.7. The molecule has 2 aliphatic rings. The van der Waals surface area contributed by atoms with Crippen molar-refractivity contribution in [3.63, 3.8) is 0 Å². The summed E-state index contributed by atoms with van der Waals surface area (Å²) in [4.78, 5) is 35.0. The lowest BCUT2D eigenvalue weighted by Crippen LogP contribution is -2.49. The van der Waals surface area contributed by atoms with Crippen LogP contribution in [-0.2, 0) is 12.2 Å². The third kappa shape index (κ3) is 3.97. The summed E-state index contributed by atoms with van der Waals surface area (Å²) in [5, 5.41) is 1.03. The Morgan fingerprint density at radius 3 is 2.71 bits per heavy atom. The molecule has 3 heterocycles. The number of amides is 1. The molecule has 2 aromatic rings. The Bertz CT molecular complexity index is 932. The number of piperazine rings is 1. The van der Waals surface area contributed by atoms with Gasteiger partial charge in [-0.05, 0) is 50.0 Å². The Morgan fingerprint density at radius 1 is 1.18 bits per heavy atom. The second kappa shape index (κ2) is 8.27. The van der Waals surface area contributed by atoms with E-state index in [2.05, 4.69) is 28.9 Å². The lowest BCUT2D eigenvalue weighted by Gasteiger charge is -2.35. The lowest BCUT2D eigenvalue weighted by molar-refractivity contribution is 0.0630. The first kappa shape index (κ1) is 19.5. The Balaban J connectivity index is 1.52. The van der Waals surface area contributed by atoms with Crippen LogP contribution in [0.2, 0.25) is 0 Å². The van der Waals surface area contributed by atoms with Gasteiger partial charge in [-0.15, -0.1) is 0 Å². The van der Waals surface area contributed by atoms with Gasteiger partial charge in [-0.1, -0.05) is 0 Å². The van der Waals surface area contributed by atoms with Crippen molar-refractivity contribution in [3.8, 4) is 0 Å². The van der Waals surface area contributed by atoms with Gasteiger partial charge < -0.3 is 14.8 Å². The van der Waals surface area contributed by atoms with Gasteiger partial charge in [0.1, 0.15) is 0 Å². The summed E-state index contributed by atoms with van der Waals surface area (Å²) >= 11 is 1.80. The van der Waals surface area contributed by atoms with Crippen molar-refractivity contribution in [2.75, 3.05) is 59.1 Å². The van der Waals surface area contributed by atoms with Crippen LogP contribution < -0.4 is 5.56 Å². The molecular weight excluding hydrogens is 372 g/mol. The van der Waals surface area contributed by atoms with Gasteiger partial charge in [0.05, 0.1) is 0 Å². The summed E-state index contributed by atoms with van der Waals surface area (Å²) in [6.45, 7) is 5.47. The first-order chi connectivity index (χ1) is 13.5. The van der Waals surface area contributed by atoms with Crippen molar-refractivity contribution in [3.05, 3.63) is 45.2 Å². The topological polar surface area (TPSA) is 59.6 Å². The third-order valence-electron chi connectivity index (χ3n) is 5.74. The minimum Gasteiger partial charge on any atom is -0.336 e. The first-order valence-corrected chi connectivity index (χ1v) is 11.1. The van der Waals surface area contributed by atoms with Crippen LogP contribution in [0.4, 0.5) is 0 Å². The molecule has 0 spiro atoms. The van der Waals surface area contributed by atoms with E-state index in [4.69, 9.17) is 0 Å². The number of nitrogens with one attached hydrogen (secondary N) is 1. The molecule has 1 N–H and O–H groups in total. The highest BCUT2D eigenvalue weighted by Crippen LogP contribution is 2.28. The number of pyridine rings is 1. The van der Waals surface area contributed by atoms with Crippen LogP contribution in [-0.4, -0.2) is 84.7 Å². The molecule has 1 amide bonds. The zero-order valence-corrected chi connectivity index (χ0v) is 17.5. The predicted molar refractivity (Wildman–Crippen MR) is 115 cm³/mol. The summed E-state index contributed by atoms with van der Waals surface area (Å²) < 4.78 is 0. The average Bonchev–Trinajstić information content (AvgIpc) is 2.72. The number of fused-ring (bicyclic) bond motifs is 3. The van der Waals surface area contributed by atoms with Crippen LogP contribution in [0.25, 0.3) is 10.9 Å². The number of carbonyl (C=O) groups is 1. The van der Waals surface area contributed by atoms with Crippen LogP contribution >= 0.6 is 11.8 Å². The van der Waals surface area contributed by atoms with Crippen LogP contribution in [0, 0.1) is 0 Å². The lowest BCUT2D eigenvalue weighted by atomic mass is 9.99. The normalized spacial score (nSPS) is 17.9. The fourth-order valence-corrected chi connectivity index (χ4v) is 5.02. The summed E-state index contributed by atoms with van der Waals surface area (Å²) in [6.07, 6.45) is 0.891. The van der Waals surface area contributed by atoms with Crippen molar-refractivity contribution in [1.82, 2.24) is 19.7 Å². The smallest absolute Gasteiger partial charge is 0.253 e. The summed E-state index contributed by atoms with van der Waals surface area (Å²) in [5.41, 5.74) is 3.58. The molecule has 28 heavy (non-hydrogen) atoms. The van der Waals surface area contributed by atoms with Gasteiger partial charge in [0.25, 0.3) is 11.5 Å². The molecule has 0 atom stereocenters. The van der Waals surface area contributed by atoms with Crippen LogP contribution in [0.15, 0.2) is 23.0 Å². The van der Waals surface area contributed by atoms with E-state index in [1.54, 1.807) is 11.8 Å². The molecule has 150 valence electrons. The predicted octanol–water partition coefficient (Wildman–Crippen LogP) is 1.64. The molecule has 2 aliphatic heterocycles. The van der Waals surface area contributed by atoms with Crippen molar-refractivity contribution in [1.29, 1.82) is 0 Å². The maximum Gasteiger partial charge on any atom is 0.253 e. The number of carbonyl (C=O) groups excluding carboxylic acids is 1. The number of H-pyrrole nitrogens is 1. The van der Waals surface area contributed by atoms with Gasteiger partial charge in [-0.2, -0.15) is 11.8 Å². The second-order valence-electron chi connectivity index (χ2n) is 7.91. The molecule has 0 unspecified atom stereocenters. The number of thioether (sulfide) groups is 1. The van der Waals surface area contributed by atoms with E-state index in [1.807, 2.05) is 23.1 Å². The van der Waals surface area contributed by atoms with Crippen LogP contribution in [0.5, 0.6) is 0 Å². The fourth-order valence-electron chi connectivity index (χ4n) is 4.02. The summed E-state index contributed by atoms with van der Waals surface area (Å²) in [7, 11) is 4.17.